The van der Waals surface area contributed by atoms with Gasteiger partial charge in [0.05, 0.1) is 6.10 Å². The van der Waals surface area contributed by atoms with Crippen LogP contribution in [0.5, 0.6) is 0 Å². The van der Waals surface area contributed by atoms with Crippen LogP contribution in [0.15, 0.2) is 12.3 Å². The fourth-order valence-corrected chi connectivity index (χ4v) is 1.42. The van der Waals surface area contributed by atoms with Gasteiger partial charge < -0.3 is 10.8 Å². The summed E-state index contributed by atoms with van der Waals surface area (Å²) in [5.74, 6) is 0.444. The summed E-state index contributed by atoms with van der Waals surface area (Å²) in [5, 5.41) is 9.84. The van der Waals surface area contributed by atoms with Crippen molar-refractivity contribution in [3.8, 4) is 0 Å². The van der Waals surface area contributed by atoms with Crippen LogP contribution in [0, 0.1) is 6.92 Å². The molecule has 78 valence electrons. The van der Waals surface area contributed by atoms with Crippen molar-refractivity contribution in [2.75, 3.05) is 5.73 Å². The van der Waals surface area contributed by atoms with E-state index in [-0.39, 0.29) is 0 Å². The van der Waals surface area contributed by atoms with E-state index in [4.69, 9.17) is 5.73 Å². The minimum atomic E-state index is -0.470. The highest BCUT2D eigenvalue weighted by Gasteiger charge is 2.11. The molecular formula is C11H18N2O. The first-order chi connectivity index (χ1) is 6.65. The molecule has 3 heteroatoms. The lowest BCUT2D eigenvalue weighted by Crippen LogP contribution is -2.04. The number of unbranched alkanes of at least 4 members (excludes halogenated alkanes) is 1. The zero-order chi connectivity index (χ0) is 10.6. The van der Waals surface area contributed by atoms with Gasteiger partial charge in [0.2, 0.25) is 0 Å². The van der Waals surface area contributed by atoms with E-state index in [2.05, 4.69) is 11.9 Å². The van der Waals surface area contributed by atoms with Crippen LogP contribution in [0.1, 0.15) is 43.4 Å². The van der Waals surface area contributed by atoms with E-state index >= 15 is 0 Å². The molecule has 0 amide bonds. The van der Waals surface area contributed by atoms with Gasteiger partial charge in [0.25, 0.3) is 0 Å². The van der Waals surface area contributed by atoms with Crippen molar-refractivity contribution in [2.45, 2.75) is 39.2 Å². The first-order valence-electron chi connectivity index (χ1n) is 5.05. The molecule has 3 nitrogen and oxygen atoms in total. The smallest absolute Gasteiger partial charge is 0.129 e. The maximum absolute atomic E-state index is 9.84. The molecule has 1 aromatic rings. The minimum Gasteiger partial charge on any atom is -0.388 e. The molecule has 0 saturated heterocycles. The lowest BCUT2D eigenvalue weighted by atomic mass is 10.0. The normalized spacial score (nSPS) is 12.8. The third kappa shape index (κ3) is 2.70. The zero-order valence-corrected chi connectivity index (χ0v) is 8.83. The Balaban J connectivity index is 2.77. The number of aliphatic hydroxyl groups is 1. The third-order valence-corrected chi connectivity index (χ3v) is 2.28. The summed E-state index contributed by atoms with van der Waals surface area (Å²) in [6, 6.07) is 1.91. The summed E-state index contributed by atoms with van der Waals surface area (Å²) in [4.78, 5) is 4.03. The van der Waals surface area contributed by atoms with Crippen molar-refractivity contribution >= 4 is 5.82 Å². The highest BCUT2D eigenvalue weighted by atomic mass is 16.3. The average Bonchev–Trinajstić information content (AvgIpc) is 2.18. The van der Waals surface area contributed by atoms with Crippen molar-refractivity contribution in [2.24, 2.45) is 0 Å². The number of nitrogens with zero attached hydrogens (tertiary/aromatic N) is 1. The molecule has 3 N–H and O–H groups in total. The van der Waals surface area contributed by atoms with Crippen LogP contribution in [0.25, 0.3) is 0 Å². The minimum absolute atomic E-state index is 0.444. The van der Waals surface area contributed by atoms with Gasteiger partial charge in [0.15, 0.2) is 0 Å². The Morgan fingerprint density at radius 1 is 1.57 bits per heavy atom. The van der Waals surface area contributed by atoms with Gasteiger partial charge in [-0.05, 0) is 25.0 Å². The second-order valence-electron chi connectivity index (χ2n) is 3.65. The van der Waals surface area contributed by atoms with E-state index in [1.165, 1.54) is 0 Å². The van der Waals surface area contributed by atoms with Crippen LogP contribution < -0.4 is 5.73 Å². The van der Waals surface area contributed by atoms with Gasteiger partial charge in [-0.1, -0.05) is 19.8 Å². The first kappa shape index (κ1) is 11.0. The van der Waals surface area contributed by atoms with Crippen molar-refractivity contribution < 1.29 is 5.11 Å². The summed E-state index contributed by atoms with van der Waals surface area (Å²) < 4.78 is 0. The second kappa shape index (κ2) is 4.96. The molecule has 1 rings (SSSR count). The molecule has 1 unspecified atom stereocenters. The van der Waals surface area contributed by atoms with Crippen molar-refractivity contribution in [1.82, 2.24) is 4.98 Å². The molecule has 0 aliphatic carbocycles. The molecule has 0 radical (unpaired) electrons. The van der Waals surface area contributed by atoms with Gasteiger partial charge in [-0.25, -0.2) is 4.98 Å². The lowest BCUT2D eigenvalue weighted by molar-refractivity contribution is 0.164. The molecule has 1 atom stereocenters. The fraction of sp³-hybridized carbons (Fsp3) is 0.545. The molecule has 14 heavy (non-hydrogen) atoms. The van der Waals surface area contributed by atoms with Crippen molar-refractivity contribution in [3.05, 3.63) is 23.4 Å². The van der Waals surface area contributed by atoms with Crippen LogP contribution in [0.2, 0.25) is 0 Å². The Labute approximate surface area is 85.0 Å². The Morgan fingerprint density at radius 2 is 2.29 bits per heavy atom. The van der Waals surface area contributed by atoms with Crippen LogP contribution in [-0.2, 0) is 0 Å². The predicted octanol–water partition coefficient (Wildman–Crippen LogP) is 2.20. The number of aryl methyl sites for hydroxylation is 1. The number of nitrogens with two attached hydrogens (primary N) is 1. The largest absolute Gasteiger partial charge is 0.388 e. The Bertz CT molecular complexity index is 299. The summed E-state index contributed by atoms with van der Waals surface area (Å²) >= 11 is 0. The van der Waals surface area contributed by atoms with Crippen LogP contribution in [-0.4, -0.2) is 10.1 Å². The zero-order valence-electron chi connectivity index (χ0n) is 8.83. The number of pyridine rings is 1. The van der Waals surface area contributed by atoms with Gasteiger partial charge >= 0.3 is 0 Å². The summed E-state index contributed by atoms with van der Waals surface area (Å²) in [6.45, 7) is 4.05. The maximum atomic E-state index is 9.84. The van der Waals surface area contributed by atoms with Crippen LogP contribution >= 0.6 is 0 Å². The first-order valence-corrected chi connectivity index (χ1v) is 5.05. The molecule has 0 saturated carbocycles. The molecule has 0 aromatic carbocycles. The van der Waals surface area contributed by atoms with Gasteiger partial charge in [0.1, 0.15) is 5.82 Å². The monoisotopic (exact) mass is 194 g/mol. The number of nitrogen functional groups attached to an aromatic ring is 1. The number of hydrogen-bond donors (Lipinski definition) is 2. The lowest BCUT2D eigenvalue weighted by Gasteiger charge is -2.12. The molecule has 0 fully saturated rings. The van der Waals surface area contributed by atoms with Gasteiger partial charge in [0, 0.05) is 11.8 Å². The van der Waals surface area contributed by atoms with E-state index in [0.717, 1.165) is 30.4 Å². The Kier molecular flexibility index (Phi) is 3.89. The highest BCUT2D eigenvalue weighted by Crippen LogP contribution is 2.23. The van der Waals surface area contributed by atoms with Crippen molar-refractivity contribution in [1.29, 1.82) is 0 Å². The molecule has 1 heterocycles. The fourth-order valence-electron chi connectivity index (χ4n) is 1.42. The van der Waals surface area contributed by atoms with E-state index in [0.29, 0.717) is 5.82 Å². The van der Waals surface area contributed by atoms with E-state index in [9.17, 15) is 5.11 Å². The molecule has 0 bridgehead atoms. The number of anilines is 1. The molecule has 0 spiro atoms. The van der Waals surface area contributed by atoms with Crippen LogP contribution in [0.4, 0.5) is 5.82 Å². The standard InChI is InChI=1S/C11H18N2O/c1-3-4-5-10(14)9-6-8(2)7-13-11(9)12/h6-7,10,14H,3-5H2,1-2H3,(H2,12,13). The number of hydrogen-bond acceptors (Lipinski definition) is 3. The molecular weight excluding hydrogens is 176 g/mol. The van der Waals surface area contributed by atoms with E-state index < -0.39 is 6.10 Å². The number of aromatic nitrogens is 1. The van der Waals surface area contributed by atoms with E-state index in [1.807, 2.05) is 13.0 Å². The quantitative estimate of drug-likeness (QED) is 0.772. The number of aliphatic hydroxyl groups excluding tert-OH is 1. The third-order valence-electron chi connectivity index (χ3n) is 2.28. The topological polar surface area (TPSA) is 59.1 Å². The van der Waals surface area contributed by atoms with Crippen molar-refractivity contribution in [3.63, 3.8) is 0 Å². The number of rotatable bonds is 4. The van der Waals surface area contributed by atoms with Gasteiger partial charge in [-0.3, -0.25) is 0 Å². The summed E-state index contributed by atoms with van der Waals surface area (Å²) in [6.07, 6.45) is 4.09. The second-order valence-corrected chi connectivity index (χ2v) is 3.65. The molecule has 1 aromatic heterocycles. The molecule has 0 aliphatic rings. The summed E-state index contributed by atoms with van der Waals surface area (Å²) in [7, 11) is 0. The SMILES string of the molecule is CCCCC(O)c1cc(C)cnc1N. The highest BCUT2D eigenvalue weighted by molar-refractivity contribution is 5.42. The summed E-state index contributed by atoms with van der Waals surface area (Å²) in [5.41, 5.74) is 7.49. The van der Waals surface area contributed by atoms with E-state index in [1.54, 1.807) is 6.20 Å². The Morgan fingerprint density at radius 3 is 2.93 bits per heavy atom. The maximum Gasteiger partial charge on any atom is 0.129 e. The Hall–Kier alpha value is -1.09. The molecule has 0 aliphatic heterocycles. The van der Waals surface area contributed by atoms with Gasteiger partial charge in [-0.2, -0.15) is 0 Å². The van der Waals surface area contributed by atoms with Crippen LogP contribution in [0.3, 0.4) is 0 Å². The average molecular weight is 194 g/mol. The van der Waals surface area contributed by atoms with Gasteiger partial charge in [-0.15, -0.1) is 0 Å². The predicted molar refractivity (Wildman–Crippen MR) is 57.9 cm³/mol.